The molecule has 208 valence electrons. The maximum Gasteiger partial charge on any atom is 0.392 e. The fourth-order valence-corrected chi connectivity index (χ4v) is 5.30. The number of hydrogen-bond acceptors (Lipinski definition) is 6. The van der Waals surface area contributed by atoms with E-state index in [1.807, 2.05) is 12.1 Å². The Kier molecular flexibility index (Phi) is 8.45. The van der Waals surface area contributed by atoms with Gasteiger partial charge >= 0.3 is 11.9 Å². The molecule has 8 nitrogen and oxygen atoms in total. The molecule has 1 saturated heterocycles. The highest BCUT2D eigenvalue weighted by molar-refractivity contribution is 5.87. The summed E-state index contributed by atoms with van der Waals surface area (Å²) in [6, 6.07) is 10.9. The minimum Gasteiger partial charge on any atom is -0.493 e. The van der Waals surface area contributed by atoms with Crippen molar-refractivity contribution in [3.63, 3.8) is 0 Å². The number of rotatable bonds is 8. The Morgan fingerprint density at radius 1 is 1.13 bits per heavy atom. The summed E-state index contributed by atoms with van der Waals surface area (Å²) in [5.41, 5.74) is 1.86. The molecule has 1 aromatic carbocycles. The SMILES string of the molecule is [C-]#[N+]c1ccc2c(n1)c(N1C[C@@H](CC)N(C(CC)c3ccc(OCCC(F)(F)F)cc3)C[C@@H]1C)nc(=O)n2C. The number of piperazine rings is 1. The molecular formula is C28H33F3N6O2. The van der Waals surface area contributed by atoms with Gasteiger partial charge in [-0.05, 0) is 49.6 Å². The minimum atomic E-state index is -4.24. The third kappa shape index (κ3) is 6.17. The van der Waals surface area contributed by atoms with E-state index in [-0.39, 0.29) is 29.6 Å². The Bertz CT molecular complexity index is 1400. The summed E-state index contributed by atoms with van der Waals surface area (Å²) in [5.74, 6) is 1.16. The highest BCUT2D eigenvalue weighted by atomic mass is 19.4. The van der Waals surface area contributed by atoms with E-state index in [0.717, 1.165) is 18.4 Å². The number of hydrogen-bond donors (Lipinski definition) is 0. The van der Waals surface area contributed by atoms with Crippen molar-refractivity contribution in [2.75, 3.05) is 24.6 Å². The molecule has 2 aromatic heterocycles. The molecule has 1 aliphatic heterocycles. The zero-order chi connectivity index (χ0) is 28.3. The zero-order valence-corrected chi connectivity index (χ0v) is 22.6. The van der Waals surface area contributed by atoms with E-state index in [9.17, 15) is 18.0 Å². The normalized spacial score (nSPS) is 19.2. The Balaban J connectivity index is 1.58. The largest absolute Gasteiger partial charge is 0.493 e. The van der Waals surface area contributed by atoms with Crippen LogP contribution in [0.5, 0.6) is 5.75 Å². The second kappa shape index (κ2) is 11.6. The van der Waals surface area contributed by atoms with Crippen LogP contribution in [-0.4, -0.2) is 57.4 Å². The van der Waals surface area contributed by atoms with Crippen molar-refractivity contribution in [3.05, 3.63) is 63.9 Å². The number of ether oxygens (including phenoxy) is 1. The van der Waals surface area contributed by atoms with Crippen LogP contribution < -0.4 is 15.3 Å². The number of fused-ring (bicyclic) bond motifs is 1. The lowest BCUT2D eigenvalue weighted by atomic mass is 9.96. The van der Waals surface area contributed by atoms with Gasteiger partial charge in [-0.25, -0.2) is 4.79 Å². The molecular weight excluding hydrogens is 509 g/mol. The van der Waals surface area contributed by atoms with E-state index in [1.165, 1.54) is 4.57 Å². The lowest BCUT2D eigenvalue weighted by Crippen LogP contribution is -2.58. The Morgan fingerprint density at radius 3 is 2.46 bits per heavy atom. The lowest BCUT2D eigenvalue weighted by molar-refractivity contribution is -0.139. The summed E-state index contributed by atoms with van der Waals surface area (Å²) < 4.78 is 44.1. The fourth-order valence-electron chi connectivity index (χ4n) is 5.30. The first-order valence-corrected chi connectivity index (χ1v) is 13.1. The molecule has 0 N–H and O–H groups in total. The molecule has 0 spiro atoms. The molecule has 4 rings (SSSR count). The van der Waals surface area contributed by atoms with E-state index >= 15 is 0 Å². The number of nitrogens with zero attached hydrogens (tertiary/aromatic N) is 6. The van der Waals surface area contributed by atoms with Gasteiger partial charge in [0.25, 0.3) is 5.82 Å². The number of alkyl halides is 3. The summed E-state index contributed by atoms with van der Waals surface area (Å²) in [5, 5.41) is 0. The highest BCUT2D eigenvalue weighted by Crippen LogP contribution is 2.35. The predicted molar refractivity (Wildman–Crippen MR) is 144 cm³/mol. The molecule has 0 bridgehead atoms. The molecule has 3 atom stereocenters. The molecule has 0 aliphatic carbocycles. The van der Waals surface area contributed by atoms with Crippen molar-refractivity contribution >= 4 is 22.7 Å². The van der Waals surface area contributed by atoms with E-state index in [2.05, 4.69) is 45.4 Å². The molecule has 0 amide bonds. The molecule has 1 aliphatic rings. The first-order chi connectivity index (χ1) is 18.6. The minimum absolute atomic E-state index is 0.00743. The van der Waals surface area contributed by atoms with Crippen molar-refractivity contribution in [2.45, 2.75) is 64.3 Å². The summed E-state index contributed by atoms with van der Waals surface area (Å²) in [6.07, 6.45) is -3.52. The Hall–Kier alpha value is -3.65. The topological polar surface area (TPSA) is 67.9 Å². The average molecular weight is 543 g/mol. The van der Waals surface area contributed by atoms with Crippen molar-refractivity contribution in [3.8, 4) is 5.75 Å². The smallest absolute Gasteiger partial charge is 0.392 e. The van der Waals surface area contributed by atoms with E-state index < -0.39 is 19.2 Å². The van der Waals surface area contributed by atoms with Crippen LogP contribution in [0.15, 0.2) is 41.2 Å². The first kappa shape index (κ1) is 28.4. The van der Waals surface area contributed by atoms with Crippen LogP contribution in [0.3, 0.4) is 0 Å². The Morgan fingerprint density at radius 2 is 1.85 bits per heavy atom. The maximum atomic E-state index is 12.7. The first-order valence-electron chi connectivity index (χ1n) is 13.1. The number of aryl methyl sites for hydroxylation is 1. The molecule has 1 fully saturated rings. The van der Waals surface area contributed by atoms with Crippen LogP contribution in [0.1, 0.15) is 51.6 Å². The second-order valence-corrected chi connectivity index (χ2v) is 9.89. The lowest BCUT2D eigenvalue weighted by Gasteiger charge is -2.48. The highest BCUT2D eigenvalue weighted by Gasteiger charge is 2.37. The number of anilines is 1. The molecule has 0 saturated carbocycles. The van der Waals surface area contributed by atoms with Crippen molar-refractivity contribution in [1.29, 1.82) is 0 Å². The molecule has 3 aromatic rings. The number of benzene rings is 1. The van der Waals surface area contributed by atoms with E-state index in [4.69, 9.17) is 11.3 Å². The van der Waals surface area contributed by atoms with Crippen LogP contribution in [0, 0.1) is 6.57 Å². The van der Waals surface area contributed by atoms with Crippen LogP contribution >= 0.6 is 0 Å². The van der Waals surface area contributed by atoms with Gasteiger partial charge in [-0.1, -0.05) is 32.6 Å². The predicted octanol–water partition coefficient (Wildman–Crippen LogP) is 5.65. The van der Waals surface area contributed by atoms with Crippen LogP contribution in [0.4, 0.5) is 24.8 Å². The Labute approximate surface area is 225 Å². The van der Waals surface area contributed by atoms with Crippen molar-refractivity contribution < 1.29 is 17.9 Å². The molecule has 11 heteroatoms. The number of pyridine rings is 1. The monoisotopic (exact) mass is 542 g/mol. The molecule has 3 heterocycles. The second-order valence-electron chi connectivity index (χ2n) is 9.89. The summed E-state index contributed by atoms with van der Waals surface area (Å²) in [7, 11) is 1.65. The van der Waals surface area contributed by atoms with Gasteiger partial charge in [-0.15, -0.1) is 4.98 Å². The van der Waals surface area contributed by atoms with E-state index in [0.29, 0.717) is 35.7 Å². The van der Waals surface area contributed by atoms with Crippen LogP contribution in [0.2, 0.25) is 0 Å². The number of aromatic nitrogens is 3. The van der Waals surface area contributed by atoms with Gasteiger partial charge in [0.1, 0.15) is 5.75 Å². The summed E-state index contributed by atoms with van der Waals surface area (Å²) in [6.45, 7) is 14.6. The molecule has 0 radical (unpaired) electrons. The van der Waals surface area contributed by atoms with Gasteiger partial charge in [0.15, 0.2) is 5.82 Å². The summed E-state index contributed by atoms with van der Waals surface area (Å²) >= 11 is 0. The van der Waals surface area contributed by atoms with Gasteiger partial charge in [-0.3, -0.25) is 9.47 Å². The standard InChI is InChI=1S/C28H33F3N6O2/c1-6-20-17-36(26-25-23(35(5)27(38)34-26)12-13-24(32-4)33-25)18(3)16-37(20)22(7-2)19-8-10-21(11-9-19)39-15-14-28(29,30)31/h8-13,18,20,22H,6-7,14-17H2,1-3,5H3/t18-,20+,22?/m0/s1. The molecule has 1 unspecified atom stereocenters. The van der Waals surface area contributed by atoms with Gasteiger partial charge < -0.3 is 14.5 Å². The summed E-state index contributed by atoms with van der Waals surface area (Å²) in [4.78, 5) is 29.7. The number of halogens is 3. The van der Waals surface area contributed by atoms with E-state index in [1.54, 1.807) is 31.3 Å². The van der Waals surface area contributed by atoms with Crippen molar-refractivity contribution in [2.24, 2.45) is 7.05 Å². The third-order valence-corrected chi connectivity index (χ3v) is 7.37. The van der Waals surface area contributed by atoms with Gasteiger partial charge in [0.05, 0.1) is 18.5 Å². The van der Waals surface area contributed by atoms with Crippen LogP contribution in [-0.2, 0) is 7.05 Å². The van der Waals surface area contributed by atoms with Crippen molar-refractivity contribution in [1.82, 2.24) is 19.4 Å². The third-order valence-electron chi connectivity index (χ3n) is 7.37. The van der Waals surface area contributed by atoms with Gasteiger partial charge in [0.2, 0.25) is 5.52 Å². The maximum absolute atomic E-state index is 12.7. The quantitative estimate of drug-likeness (QED) is 0.343. The van der Waals surface area contributed by atoms with Crippen LogP contribution in [0.25, 0.3) is 15.9 Å². The van der Waals surface area contributed by atoms with Gasteiger partial charge in [0, 0.05) is 38.3 Å². The average Bonchev–Trinajstić information content (AvgIpc) is 2.91. The zero-order valence-electron chi connectivity index (χ0n) is 22.6. The molecule has 39 heavy (non-hydrogen) atoms. The van der Waals surface area contributed by atoms with Gasteiger partial charge in [-0.2, -0.15) is 18.2 Å². The fraction of sp³-hybridized carbons (Fsp3) is 0.500.